The van der Waals surface area contributed by atoms with Crippen molar-refractivity contribution in [2.75, 3.05) is 13.3 Å². The molecule has 23 heavy (non-hydrogen) atoms. The molecule has 2 heterocycles. The number of ether oxygens (including phenoxy) is 1. The Morgan fingerprint density at radius 1 is 1.35 bits per heavy atom. The zero-order chi connectivity index (χ0) is 16.2. The van der Waals surface area contributed by atoms with Crippen molar-refractivity contribution in [2.45, 2.75) is 37.3 Å². The van der Waals surface area contributed by atoms with Crippen LogP contribution in [0.1, 0.15) is 36.3 Å². The molecule has 0 spiro atoms. The fraction of sp³-hybridized carbons (Fsp3) is 0.500. The molecular weight excluding hydrogens is 407 g/mol. The van der Waals surface area contributed by atoms with E-state index in [1.54, 1.807) is 0 Å². The minimum atomic E-state index is -0.624. The molecule has 2 bridgehead atoms. The van der Waals surface area contributed by atoms with Gasteiger partial charge in [0.2, 0.25) is 0 Å². The maximum absolute atomic E-state index is 12.5. The monoisotopic (exact) mass is 428 g/mol. The van der Waals surface area contributed by atoms with Gasteiger partial charge in [0.05, 0.1) is 5.92 Å². The van der Waals surface area contributed by atoms with Crippen LogP contribution in [0.2, 0.25) is 0 Å². The highest BCUT2D eigenvalue weighted by atomic mass is 127. The Balaban J connectivity index is 1.83. The van der Waals surface area contributed by atoms with Gasteiger partial charge in [0.15, 0.2) is 0 Å². The molecule has 0 aromatic heterocycles. The number of benzene rings is 1. The number of fused-ring (bicyclic) bond motifs is 2. The van der Waals surface area contributed by atoms with Gasteiger partial charge in [-0.15, -0.1) is 0 Å². The number of carbonyl (C=O) groups excluding carboxylic acids is 1. The summed E-state index contributed by atoms with van der Waals surface area (Å²) in [6.45, 7) is -0.765. The van der Waals surface area contributed by atoms with Crippen molar-refractivity contribution in [1.82, 2.24) is 5.32 Å². The van der Waals surface area contributed by atoms with Crippen LogP contribution in [0.3, 0.4) is 0 Å². The van der Waals surface area contributed by atoms with Crippen molar-refractivity contribution in [3.05, 3.63) is 39.5 Å². The molecule has 2 saturated heterocycles. The maximum Gasteiger partial charge on any atom is 0.311 e. The first kappa shape index (κ1) is 16.9. The summed E-state index contributed by atoms with van der Waals surface area (Å²) in [7, 11) is 0. The summed E-state index contributed by atoms with van der Waals surface area (Å²) in [6, 6.07) is 9.01. The van der Waals surface area contributed by atoms with Crippen LogP contribution in [0.5, 0.6) is 0 Å². The normalized spacial score (nSPS) is 29.8. The van der Waals surface area contributed by atoms with E-state index in [0.717, 1.165) is 24.8 Å². The van der Waals surface area contributed by atoms with Gasteiger partial charge in [-0.05, 0) is 40.5 Å². The summed E-state index contributed by atoms with van der Waals surface area (Å²) in [6.07, 6.45) is 5.08. The van der Waals surface area contributed by atoms with Crippen LogP contribution in [-0.2, 0) is 9.53 Å². The number of carbonyl (C=O) groups is 1. The topological polar surface area (TPSA) is 38.3 Å². The molecule has 0 unspecified atom stereocenters. The summed E-state index contributed by atoms with van der Waals surface area (Å²) in [5.74, 6) is -0.327. The van der Waals surface area contributed by atoms with E-state index in [2.05, 4.69) is 52.2 Å². The van der Waals surface area contributed by atoms with Crippen LogP contribution < -0.4 is 5.32 Å². The average molecular weight is 428 g/mol. The Bertz CT molecular complexity index is 575. The molecule has 4 atom stereocenters. The summed E-state index contributed by atoms with van der Waals surface area (Å²) < 4.78 is 19.5. The largest absolute Gasteiger partial charge is 0.463 e. The smallest absolute Gasteiger partial charge is 0.311 e. The highest BCUT2D eigenvalue weighted by molar-refractivity contribution is 14.1. The predicted octanol–water partition coefficient (Wildman–Crippen LogP) is 3.83. The van der Waals surface area contributed by atoms with E-state index in [9.17, 15) is 9.18 Å². The average Bonchev–Trinajstić information content (AvgIpc) is 2.94. The molecule has 1 aromatic carbocycles. The number of piperidine rings is 1. The first-order valence-corrected chi connectivity index (χ1v) is 9.33. The number of hydrogen-bond acceptors (Lipinski definition) is 3. The Morgan fingerprint density at radius 2 is 2.13 bits per heavy atom. The van der Waals surface area contributed by atoms with Crippen LogP contribution in [-0.4, -0.2) is 31.3 Å². The molecule has 2 aliphatic heterocycles. The second-order valence-corrected chi connectivity index (χ2v) is 6.95. The molecule has 0 saturated carbocycles. The molecule has 3 nitrogen and oxygen atoms in total. The number of halogens is 2. The van der Waals surface area contributed by atoms with E-state index < -0.39 is 6.67 Å². The highest BCUT2D eigenvalue weighted by Crippen LogP contribution is 2.42. The standard InChI is InChI=1S/C18H21FINO2/c19-8-10-23-18(22)17-15(11-14-5-6-16(17)21-14)13-3-1-12(2-4-13)7-9-20/h1-4,7,9,14-17,21H,5-6,8,10-11H2/b9-7-/t14-,15-,16+,17+/m1/s1/i19-1. The lowest BCUT2D eigenvalue weighted by Crippen LogP contribution is -2.48. The lowest BCUT2D eigenvalue weighted by Gasteiger charge is -2.36. The maximum atomic E-state index is 12.5. The number of nitrogens with one attached hydrogen (secondary N) is 1. The minimum Gasteiger partial charge on any atom is -0.463 e. The van der Waals surface area contributed by atoms with Gasteiger partial charge in [-0.25, -0.2) is 4.39 Å². The Morgan fingerprint density at radius 3 is 2.83 bits per heavy atom. The van der Waals surface area contributed by atoms with Crippen molar-refractivity contribution in [3.8, 4) is 0 Å². The lowest BCUT2D eigenvalue weighted by atomic mass is 9.77. The zero-order valence-corrected chi connectivity index (χ0v) is 15.0. The first-order valence-electron chi connectivity index (χ1n) is 8.08. The summed E-state index contributed by atoms with van der Waals surface area (Å²) in [4.78, 5) is 12.5. The molecule has 1 aromatic rings. The summed E-state index contributed by atoms with van der Waals surface area (Å²) >= 11 is 2.20. The Kier molecular flexibility index (Phi) is 5.69. The van der Waals surface area contributed by atoms with E-state index in [0.29, 0.717) is 6.04 Å². The van der Waals surface area contributed by atoms with Gasteiger partial charge in [0.25, 0.3) is 0 Å². The third kappa shape index (κ3) is 3.76. The predicted molar refractivity (Wildman–Crippen MR) is 97.2 cm³/mol. The summed E-state index contributed by atoms with van der Waals surface area (Å²) in [5.41, 5.74) is 2.33. The van der Waals surface area contributed by atoms with E-state index >= 15 is 0 Å². The lowest BCUT2D eigenvalue weighted by molar-refractivity contribution is -0.151. The molecule has 2 aliphatic rings. The van der Waals surface area contributed by atoms with Gasteiger partial charge in [-0.2, -0.15) is 0 Å². The number of esters is 1. The molecule has 0 radical (unpaired) electrons. The van der Waals surface area contributed by atoms with Gasteiger partial charge in [-0.1, -0.05) is 46.9 Å². The van der Waals surface area contributed by atoms with Gasteiger partial charge in [-0.3, -0.25) is 4.79 Å². The van der Waals surface area contributed by atoms with E-state index in [1.165, 1.54) is 5.56 Å². The molecule has 0 aliphatic carbocycles. The second kappa shape index (κ2) is 7.75. The van der Waals surface area contributed by atoms with Crippen LogP contribution in [0, 0.1) is 5.92 Å². The van der Waals surface area contributed by atoms with Crippen molar-refractivity contribution >= 4 is 34.6 Å². The fourth-order valence-corrected chi connectivity index (χ4v) is 4.30. The highest BCUT2D eigenvalue weighted by Gasteiger charge is 2.46. The molecule has 0 amide bonds. The van der Waals surface area contributed by atoms with Gasteiger partial charge in [0, 0.05) is 18.0 Å². The third-order valence-electron chi connectivity index (χ3n) is 4.90. The Labute approximate surface area is 149 Å². The van der Waals surface area contributed by atoms with E-state index in [4.69, 9.17) is 4.74 Å². The first-order chi connectivity index (χ1) is 11.2. The third-order valence-corrected chi connectivity index (χ3v) is 5.25. The van der Waals surface area contributed by atoms with Gasteiger partial charge >= 0.3 is 5.97 Å². The summed E-state index contributed by atoms with van der Waals surface area (Å²) in [5, 5.41) is 3.52. The van der Waals surface area contributed by atoms with Crippen molar-refractivity contribution in [1.29, 1.82) is 0 Å². The van der Waals surface area contributed by atoms with Crippen molar-refractivity contribution in [3.63, 3.8) is 0 Å². The number of hydrogen-bond donors (Lipinski definition) is 1. The zero-order valence-electron chi connectivity index (χ0n) is 12.9. The SMILES string of the molecule is O=C(OCC[18F])[C@@H]1[C@@H]2CC[C@H](C[C@@H]1c1ccc(/C=C\I)cc1)N2. The van der Waals surface area contributed by atoms with Crippen LogP contribution >= 0.6 is 22.6 Å². The molecule has 5 heteroatoms. The van der Waals surface area contributed by atoms with Crippen molar-refractivity contribution in [2.24, 2.45) is 5.92 Å². The molecule has 2 fully saturated rings. The van der Waals surface area contributed by atoms with Gasteiger partial charge in [0.1, 0.15) is 13.3 Å². The van der Waals surface area contributed by atoms with E-state index in [-0.39, 0.29) is 30.5 Å². The van der Waals surface area contributed by atoms with Crippen LogP contribution in [0.25, 0.3) is 6.08 Å². The fourth-order valence-electron chi connectivity index (χ4n) is 3.89. The van der Waals surface area contributed by atoms with E-state index in [1.807, 2.05) is 10.2 Å². The number of rotatable bonds is 5. The molecule has 1 N–H and O–H groups in total. The Hall–Kier alpha value is -0.950. The van der Waals surface area contributed by atoms with Crippen LogP contribution in [0.15, 0.2) is 28.3 Å². The number of alkyl halides is 1. The molecule has 124 valence electrons. The van der Waals surface area contributed by atoms with Gasteiger partial charge < -0.3 is 10.1 Å². The molecular formula is C18H21FINO2. The second-order valence-electron chi connectivity index (χ2n) is 6.23. The van der Waals surface area contributed by atoms with Crippen LogP contribution in [0.4, 0.5) is 4.39 Å². The quantitative estimate of drug-likeness (QED) is 0.573. The minimum absolute atomic E-state index is 0.141. The van der Waals surface area contributed by atoms with Crippen molar-refractivity contribution < 1.29 is 13.9 Å². The molecule has 3 rings (SSSR count).